The van der Waals surface area contributed by atoms with Gasteiger partial charge in [0.2, 0.25) is 0 Å². The van der Waals surface area contributed by atoms with E-state index in [0.717, 1.165) is 16.8 Å². The van der Waals surface area contributed by atoms with E-state index in [1.165, 1.54) is 0 Å². The van der Waals surface area contributed by atoms with Crippen molar-refractivity contribution in [2.45, 2.75) is 13.5 Å². The highest BCUT2D eigenvalue weighted by molar-refractivity contribution is 6.31. The maximum Gasteiger partial charge on any atom is 0.168 e. The van der Waals surface area contributed by atoms with E-state index in [1.807, 2.05) is 29.8 Å². The molecule has 0 spiro atoms. The number of aryl methyl sites for hydroxylation is 1. The quantitative estimate of drug-likeness (QED) is 0.699. The Morgan fingerprint density at radius 3 is 3.06 bits per heavy atom. The second-order valence-electron chi connectivity index (χ2n) is 3.96. The first-order valence-corrected chi connectivity index (χ1v) is 5.62. The number of halogens is 1. The van der Waals surface area contributed by atoms with Crippen molar-refractivity contribution in [2.75, 3.05) is 0 Å². The van der Waals surface area contributed by atoms with Gasteiger partial charge in [-0.15, -0.1) is 0 Å². The summed E-state index contributed by atoms with van der Waals surface area (Å²) >= 11 is 5.89. The fraction of sp³-hybridized carbons (Fsp3) is 0.167. The number of rotatable bonds is 2. The van der Waals surface area contributed by atoms with Crippen LogP contribution in [0.3, 0.4) is 0 Å². The van der Waals surface area contributed by atoms with Crippen LogP contribution in [-0.2, 0) is 6.54 Å². The monoisotopic (exact) mass is 247 g/mol. The van der Waals surface area contributed by atoms with Gasteiger partial charge in [-0.2, -0.15) is 0 Å². The largest absolute Gasteiger partial charge is 0.356 e. The first-order chi connectivity index (χ1) is 8.22. The van der Waals surface area contributed by atoms with Gasteiger partial charge in [-0.25, -0.2) is 4.98 Å². The fourth-order valence-corrected chi connectivity index (χ4v) is 1.97. The van der Waals surface area contributed by atoms with Gasteiger partial charge in [0.15, 0.2) is 5.58 Å². The lowest BCUT2D eigenvalue weighted by Crippen LogP contribution is -1.96. The molecule has 0 unspecified atom stereocenters. The molecular weight excluding hydrogens is 238 g/mol. The maximum absolute atomic E-state index is 5.89. The van der Waals surface area contributed by atoms with Crippen LogP contribution in [0.15, 0.2) is 35.2 Å². The molecular formula is C12H10ClN3O. The second-order valence-corrected chi connectivity index (χ2v) is 4.39. The van der Waals surface area contributed by atoms with E-state index in [-0.39, 0.29) is 0 Å². The molecule has 0 aliphatic carbocycles. The zero-order valence-corrected chi connectivity index (χ0v) is 9.98. The smallest absolute Gasteiger partial charge is 0.168 e. The molecule has 0 bridgehead atoms. The summed E-state index contributed by atoms with van der Waals surface area (Å²) in [6, 6.07) is 5.53. The molecule has 0 atom stereocenters. The average molecular weight is 248 g/mol. The summed E-state index contributed by atoms with van der Waals surface area (Å²) in [7, 11) is 0. The van der Waals surface area contributed by atoms with Gasteiger partial charge >= 0.3 is 0 Å². The van der Waals surface area contributed by atoms with E-state index in [2.05, 4.69) is 10.1 Å². The number of hydrogen-bond donors (Lipinski definition) is 0. The van der Waals surface area contributed by atoms with Crippen LogP contribution < -0.4 is 0 Å². The molecule has 86 valence electrons. The number of aromatic nitrogens is 3. The molecule has 0 amide bonds. The summed E-state index contributed by atoms with van der Waals surface area (Å²) in [5, 5.41) is 5.70. The van der Waals surface area contributed by atoms with Crippen LogP contribution in [0.25, 0.3) is 11.0 Å². The van der Waals surface area contributed by atoms with Crippen molar-refractivity contribution >= 4 is 22.6 Å². The van der Waals surface area contributed by atoms with Gasteiger partial charge in [0.1, 0.15) is 5.69 Å². The van der Waals surface area contributed by atoms with Gasteiger partial charge in [0.05, 0.1) is 18.6 Å². The minimum Gasteiger partial charge on any atom is -0.356 e. The lowest BCUT2D eigenvalue weighted by atomic mass is 10.2. The van der Waals surface area contributed by atoms with Crippen molar-refractivity contribution in [3.63, 3.8) is 0 Å². The van der Waals surface area contributed by atoms with Crippen molar-refractivity contribution in [3.05, 3.63) is 47.1 Å². The minimum atomic E-state index is 0.648. The minimum absolute atomic E-state index is 0.648. The second kappa shape index (κ2) is 3.89. The van der Waals surface area contributed by atoms with Crippen molar-refractivity contribution in [1.82, 2.24) is 14.7 Å². The molecule has 0 aliphatic rings. The van der Waals surface area contributed by atoms with E-state index < -0.39 is 0 Å². The van der Waals surface area contributed by atoms with Gasteiger partial charge in [-0.3, -0.25) is 0 Å². The van der Waals surface area contributed by atoms with Crippen LogP contribution in [0.4, 0.5) is 0 Å². The summed E-state index contributed by atoms with van der Waals surface area (Å²) < 4.78 is 7.21. The third kappa shape index (κ3) is 1.91. The van der Waals surface area contributed by atoms with Crippen molar-refractivity contribution in [3.8, 4) is 0 Å². The van der Waals surface area contributed by atoms with Crippen molar-refractivity contribution < 1.29 is 4.52 Å². The SMILES string of the molecule is Cc1cn(Cc2noc3cc(Cl)ccc23)cn1. The van der Waals surface area contributed by atoms with E-state index in [0.29, 0.717) is 17.2 Å². The number of nitrogens with zero attached hydrogens (tertiary/aromatic N) is 3. The molecule has 17 heavy (non-hydrogen) atoms. The lowest BCUT2D eigenvalue weighted by molar-refractivity contribution is 0.443. The number of hydrogen-bond acceptors (Lipinski definition) is 3. The summed E-state index contributed by atoms with van der Waals surface area (Å²) in [5.41, 5.74) is 2.58. The van der Waals surface area contributed by atoms with Crippen LogP contribution in [0.2, 0.25) is 5.02 Å². The first-order valence-electron chi connectivity index (χ1n) is 5.24. The Kier molecular flexibility index (Phi) is 2.37. The molecule has 3 rings (SSSR count). The molecule has 0 fully saturated rings. The fourth-order valence-electron chi connectivity index (χ4n) is 1.81. The Bertz CT molecular complexity index is 671. The molecule has 2 heterocycles. The summed E-state index contributed by atoms with van der Waals surface area (Å²) in [4.78, 5) is 4.17. The van der Waals surface area contributed by atoms with Crippen LogP contribution >= 0.6 is 11.6 Å². The maximum atomic E-state index is 5.89. The Morgan fingerprint density at radius 2 is 2.29 bits per heavy atom. The van der Waals surface area contributed by atoms with Gasteiger partial charge in [0.25, 0.3) is 0 Å². The van der Waals surface area contributed by atoms with Gasteiger partial charge < -0.3 is 9.09 Å². The molecule has 0 radical (unpaired) electrons. The highest BCUT2D eigenvalue weighted by Crippen LogP contribution is 2.22. The van der Waals surface area contributed by atoms with E-state index >= 15 is 0 Å². The predicted molar refractivity (Wildman–Crippen MR) is 65.1 cm³/mol. The highest BCUT2D eigenvalue weighted by atomic mass is 35.5. The van der Waals surface area contributed by atoms with Crippen molar-refractivity contribution in [1.29, 1.82) is 0 Å². The van der Waals surface area contributed by atoms with Crippen LogP contribution in [0.5, 0.6) is 0 Å². The average Bonchev–Trinajstić information content (AvgIpc) is 2.86. The van der Waals surface area contributed by atoms with Crippen LogP contribution in [0.1, 0.15) is 11.4 Å². The molecule has 0 saturated carbocycles. The lowest BCUT2D eigenvalue weighted by Gasteiger charge is -1.97. The standard InChI is InChI=1S/C12H10ClN3O/c1-8-5-16(7-14-8)6-11-10-3-2-9(13)4-12(10)17-15-11/h2-5,7H,6H2,1H3. The molecule has 0 aliphatic heterocycles. The molecule has 0 N–H and O–H groups in total. The summed E-state index contributed by atoms with van der Waals surface area (Å²) in [5.74, 6) is 0. The van der Waals surface area contributed by atoms with Gasteiger partial charge in [-0.05, 0) is 19.1 Å². The third-order valence-corrected chi connectivity index (χ3v) is 2.84. The zero-order chi connectivity index (χ0) is 11.8. The predicted octanol–water partition coefficient (Wildman–Crippen LogP) is 3.03. The Balaban J connectivity index is 2.00. The van der Waals surface area contributed by atoms with Gasteiger partial charge in [-0.1, -0.05) is 16.8 Å². The number of fused-ring (bicyclic) bond motifs is 1. The zero-order valence-electron chi connectivity index (χ0n) is 9.22. The topological polar surface area (TPSA) is 43.9 Å². The Labute approximate surface area is 103 Å². The Morgan fingerprint density at radius 1 is 1.41 bits per heavy atom. The van der Waals surface area contributed by atoms with E-state index in [9.17, 15) is 0 Å². The normalized spacial score (nSPS) is 11.2. The third-order valence-electron chi connectivity index (χ3n) is 2.60. The number of imidazole rings is 1. The molecule has 2 aromatic heterocycles. The Hall–Kier alpha value is -1.81. The summed E-state index contributed by atoms with van der Waals surface area (Å²) in [6.07, 6.45) is 3.75. The van der Waals surface area contributed by atoms with E-state index in [4.69, 9.17) is 16.1 Å². The first kappa shape index (κ1) is 10.4. The molecule has 4 nitrogen and oxygen atoms in total. The van der Waals surface area contributed by atoms with Crippen LogP contribution in [0, 0.1) is 6.92 Å². The summed E-state index contributed by atoms with van der Waals surface area (Å²) in [6.45, 7) is 2.60. The molecule has 1 aromatic carbocycles. The molecule has 5 heteroatoms. The van der Waals surface area contributed by atoms with Gasteiger partial charge in [0, 0.05) is 22.7 Å². The van der Waals surface area contributed by atoms with E-state index in [1.54, 1.807) is 12.4 Å². The molecule has 3 aromatic rings. The van der Waals surface area contributed by atoms with Crippen molar-refractivity contribution in [2.24, 2.45) is 0 Å². The number of benzene rings is 1. The molecule has 0 saturated heterocycles. The van der Waals surface area contributed by atoms with Crippen LogP contribution in [-0.4, -0.2) is 14.7 Å². The highest BCUT2D eigenvalue weighted by Gasteiger charge is 2.09.